The molecule has 3 rings (SSSR count). The number of aromatic nitrogens is 2. The Morgan fingerprint density at radius 3 is 2.56 bits per heavy atom. The van der Waals surface area contributed by atoms with Crippen LogP contribution in [0.25, 0.3) is 0 Å². The number of amides is 1. The standard InChI is InChI=1S/C19H31N5O/c1-16-6-9-21-19(22-16)24-13-7-17(8-14-24)18(25)20-10-15-23-11-4-2-3-5-12-23/h6,9,17H,2-5,7-8,10-15H2,1H3,(H,20,25). The zero-order valence-electron chi connectivity index (χ0n) is 15.4. The molecule has 1 aromatic heterocycles. The number of rotatable bonds is 5. The summed E-state index contributed by atoms with van der Waals surface area (Å²) in [6.07, 6.45) is 8.87. The summed E-state index contributed by atoms with van der Waals surface area (Å²) < 4.78 is 0. The molecule has 1 N–H and O–H groups in total. The maximum atomic E-state index is 12.4. The number of carbonyl (C=O) groups is 1. The van der Waals surface area contributed by atoms with E-state index in [4.69, 9.17) is 0 Å². The van der Waals surface area contributed by atoms with Gasteiger partial charge in [0.1, 0.15) is 0 Å². The lowest BCUT2D eigenvalue weighted by Crippen LogP contribution is -2.43. The minimum Gasteiger partial charge on any atom is -0.355 e. The summed E-state index contributed by atoms with van der Waals surface area (Å²) in [4.78, 5) is 25.9. The molecule has 3 heterocycles. The Kier molecular flexibility index (Phi) is 6.62. The first-order valence-corrected chi connectivity index (χ1v) is 9.77. The molecule has 2 aliphatic heterocycles. The molecule has 0 bridgehead atoms. The van der Waals surface area contributed by atoms with Crippen LogP contribution in [0.2, 0.25) is 0 Å². The smallest absolute Gasteiger partial charge is 0.225 e. The normalized spacial score (nSPS) is 20.3. The van der Waals surface area contributed by atoms with E-state index in [-0.39, 0.29) is 11.8 Å². The molecule has 0 unspecified atom stereocenters. The van der Waals surface area contributed by atoms with Crippen LogP contribution in [0.5, 0.6) is 0 Å². The molecule has 1 aromatic rings. The van der Waals surface area contributed by atoms with Gasteiger partial charge in [0.15, 0.2) is 0 Å². The number of hydrogen-bond donors (Lipinski definition) is 1. The van der Waals surface area contributed by atoms with Crippen LogP contribution >= 0.6 is 0 Å². The quantitative estimate of drug-likeness (QED) is 0.884. The average molecular weight is 345 g/mol. The van der Waals surface area contributed by atoms with Gasteiger partial charge in [0.25, 0.3) is 0 Å². The van der Waals surface area contributed by atoms with E-state index < -0.39 is 0 Å². The Morgan fingerprint density at radius 1 is 1.16 bits per heavy atom. The molecule has 1 amide bonds. The van der Waals surface area contributed by atoms with Gasteiger partial charge in [-0.15, -0.1) is 0 Å². The van der Waals surface area contributed by atoms with Crippen molar-refractivity contribution >= 4 is 11.9 Å². The summed E-state index contributed by atoms with van der Waals surface area (Å²) in [5.74, 6) is 1.14. The first-order valence-electron chi connectivity index (χ1n) is 9.77. The minimum absolute atomic E-state index is 0.130. The van der Waals surface area contributed by atoms with E-state index in [1.807, 2.05) is 13.0 Å². The van der Waals surface area contributed by atoms with Crippen molar-refractivity contribution < 1.29 is 4.79 Å². The van der Waals surface area contributed by atoms with Crippen molar-refractivity contribution in [1.82, 2.24) is 20.2 Å². The van der Waals surface area contributed by atoms with E-state index >= 15 is 0 Å². The van der Waals surface area contributed by atoms with E-state index in [2.05, 4.69) is 25.1 Å². The molecule has 2 aliphatic rings. The highest BCUT2D eigenvalue weighted by Crippen LogP contribution is 2.20. The molecule has 25 heavy (non-hydrogen) atoms. The maximum absolute atomic E-state index is 12.4. The second-order valence-electron chi connectivity index (χ2n) is 7.31. The van der Waals surface area contributed by atoms with Crippen molar-refractivity contribution in [3.8, 4) is 0 Å². The Labute approximate surface area is 151 Å². The third-order valence-corrected chi connectivity index (χ3v) is 5.36. The minimum atomic E-state index is 0.130. The fourth-order valence-electron chi connectivity index (χ4n) is 3.77. The van der Waals surface area contributed by atoms with E-state index in [1.165, 1.54) is 38.8 Å². The Hall–Kier alpha value is -1.69. The molecular weight excluding hydrogens is 314 g/mol. The Bertz CT molecular complexity index is 549. The first kappa shape index (κ1) is 18.1. The van der Waals surface area contributed by atoms with Gasteiger partial charge in [0.2, 0.25) is 11.9 Å². The summed E-state index contributed by atoms with van der Waals surface area (Å²) in [6.45, 7) is 7.83. The van der Waals surface area contributed by atoms with Crippen molar-refractivity contribution in [3.63, 3.8) is 0 Å². The molecule has 0 radical (unpaired) electrons. The summed E-state index contributed by atoms with van der Waals surface area (Å²) in [5, 5.41) is 3.15. The van der Waals surface area contributed by atoms with Gasteiger partial charge in [-0.1, -0.05) is 12.8 Å². The number of aryl methyl sites for hydroxylation is 1. The molecule has 138 valence electrons. The number of nitrogens with zero attached hydrogens (tertiary/aromatic N) is 4. The van der Waals surface area contributed by atoms with Crippen molar-refractivity contribution in [2.24, 2.45) is 5.92 Å². The molecule has 6 heteroatoms. The molecule has 6 nitrogen and oxygen atoms in total. The van der Waals surface area contributed by atoms with Gasteiger partial charge in [0.05, 0.1) is 0 Å². The highest BCUT2D eigenvalue weighted by atomic mass is 16.1. The molecule has 0 atom stereocenters. The lowest BCUT2D eigenvalue weighted by Gasteiger charge is -2.31. The van der Waals surface area contributed by atoms with Crippen LogP contribution in [0.3, 0.4) is 0 Å². The number of carbonyl (C=O) groups excluding carboxylic acids is 1. The predicted octanol–water partition coefficient (Wildman–Crippen LogP) is 1.99. The van der Waals surface area contributed by atoms with Crippen LogP contribution in [0.1, 0.15) is 44.2 Å². The molecule has 0 aromatic carbocycles. The highest BCUT2D eigenvalue weighted by molar-refractivity contribution is 5.78. The van der Waals surface area contributed by atoms with Crippen LogP contribution in [-0.2, 0) is 4.79 Å². The molecular formula is C19H31N5O. The van der Waals surface area contributed by atoms with Crippen molar-refractivity contribution in [2.45, 2.75) is 45.4 Å². The predicted molar refractivity (Wildman–Crippen MR) is 99.6 cm³/mol. The summed E-state index contributed by atoms with van der Waals surface area (Å²) in [6, 6.07) is 1.91. The lowest BCUT2D eigenvalue weighted by molar-refractivity contribution is -0.125. The first-order chi connectivity index (χ1) is 12.2. The van der Waals surface area contributed by atoms with Crippen LogP contribution in [0.4, 0.5) is 5.95 Å². The second kappa shape index (κ2) is 9.13. The number of hydrogen-bond acceptors (Lipinski definition) is 5. The van der Waals surface area contributed by atoms with Gasteiger partial charge in [0, 0.05) is 44.0 Å². The van der Waals surface area contributed by atoms with Gasteiger partial charge >= 0.3 is 0 Å². The number of nitrogens with one attached hydrogen (secondary N) is 1. The monoisotopic (exact) mass is 345 g/mol. The van der Waals surface area contributed by atoms with Crippen LogP contribution in [0, 0.1) is 12.8 Å². The lowest BCUT2D eigenvalue weighted by atomic mass is 9.96. The fraction of sp³-hybridized carbons (Fsp3) is 0.737. The Morgan fingerprint density at radius 2 is 1.88 bits per heavy atom. The van der Waals surface area contributed by atoms with Crippen molar-refractivity contribution in [2.75, 3.05) is 44.2 Å². The number of anilines is 1. The zero-order chi connectivity index (χ0) is 17.5. The second-order valence-corrected chi connectivity index (χ2v) is 7.31. The van der Waals surface area contributed by atoms with E-state index in [1.54, 1.807) is 6.20 Å². The highest BCUT2D eigenvalue weighted by Gasteiger charge is 2.26. The number of piperidine rings is 1. The van der Waals surface area contributed by atoms with E-state index in [9.17, 15) is 4.79 Å². The van der Waals surface area contributed by atoms with Gasteiger partial charge in [-0.25, -0.2) is 9.97 Å². The SMILES string of the molecule is Cc1ccnc(N2CCC(C(=O)NCCN3CCCCCC3)CC2)n1. The summed E-state index contributed by atoms with van der Waals surface area (Å²) in [7, 11) is 0. The zero-order valence-corrected chi connectivity index (χ0v) is 15.4. The van der Waals surface area contributed by atoms with Gasteiger partial charge in [-0.05, 0) is 51.8 Å². The van der Waals surface area contributed by atoms with Crippen molar-refractivity contribution in [1.29, 1.82) is 0 Å². The average Bonchev–Trinajstić information content (AvgIpc) is 2.91. The molecule has 0 spiro atoms. The van der Waals surface area contributed by atoms with Gasteiger partial charge < -0.3 is 15.1 Å². The van der Waals surface area contributed by atoms with Crippen LogP contribution < -0.4 is 10.2 Å². The number of likely N-dealkylation sites (tertiary alicyclic amines) is 1. The van der Waals surface area contributed by atoms with Crippen molar-refractivity contribution in [3.05, 3.63) is 18.0 Å². The molecule has 0 saturated carbocycles. The van der Waals surface area contributed by atoms with Gasteiger partial charge in [-0.3, -0.25) is 4.79 Å². The molecule has 2 saturated heterocycles. The maximum Gasteiger partial charge on any atom is 0.225 e. The third kappa shape index (κ3) is 5.39. The van der Waals surface area contributed by atoms with Crippen LogP contribution in [0.15, 0.2) is 12.3 Å². The molecule has 0 aliphatic carbocycles. The summed E-state index contributed by atoms with van der Waals surface area (Å²) >= 11 is 0. The van der Waals surface area contributed by atoms with E-state index in [0.717, 1.165) is 50.7 Å². The van der Waals surface area contributed by atoms with Crippen LogP contribution in [-0.4, -0.2) is 60.0 Å². The van der Waals surface area contributed by atoms with E-state index in [0.29, 0.717) is 0 Å². The Balaban J connectivity index is 1.38. The fourth-order valence-corrected chi connectivity index (χ4v) is 3.77. The summed E-state index contributed by atoms with van der Waals surface area (Å²) in [5.41, 5.74) is 0.985. The van der Waals surface area contributed by atoms with Gasteiger partial charge in [-0.2, -0.15) is 0 Å². The topological polar surface area (TPSA) is 61.4 Å². The largest absolute Gasteiger partial charge is 0.355 e. The third-order valence-electron chi connectivity index (χ3n) is 5.36. The molecule has 2 fully saturated rings.